The second kappa shape index (κ2) is 8.70. The fourth-order valence-corrected chi connectivity index (χ4v) is 4.09. The lowest BCUT2D eigenvalue weighted by atomic mass is 9.93. The topological polar surface area (TPSA) is 64.9 Å². The SMILES string of the molecule is COc1ccc2nccc(-n3cc4c(n3)CCC(NCC=Cc3ccccc3)C4)c2n1. The lowest BCUT2D eigenvalue weighted by Crippen LogP contribution is -2.34. The third kappa shape index (κ3) is 4.20. The van der Waals surface area contributed by atoms with E-state index in [1.165, 1.54) is 16.8 Å². The number of benzene rings is 1. The van der Waals surface area contributed by atoms with Gasteiger partial charge in [0, 0.05) is 31.0 Å². The first-order valence-corrected chi connectivity index (χ1v) is 10.6. The summed E-state index contributed by atoms with van der Waals surface area (Å²) in [5.74, 6) is 0.575. The van der Waals surface area contributed by atoms with Crippen molar-refractivity contribution >= 4 is 17.1 Å². The van der Waals surface area contributed by atoms with Crippen LogP contribution in [0.3, 0.4) is 0 Å². The van der Waals surface area contributed by atoms with Gasteiger partial charge in [-0.05, 0) is 42.5 Å². The first-order valence-electron chi connectivity index (χ1n) is 10.6. The Bertz CT molecular complexity index is 1220. The van der Waals surface area contributed by atoms with Gasteiger partial charge in [0.05, 0.1) is 24.0 Å². The van der Waals surface area contributed by atoms with Gasteiger partial charge in [-0.15, -0.1) is 0 Å². The fourth-order valence-electron chi connectivity index (χ4n) is 4.09. The Morgan fingerprint density at radius 3 is 2.94 bits per heavy atom. The van der Waals surface area contributed by atoms with Crippen molar-refractivity contribution in [2.24, 2.45) is 0 Å². The van der Waals surface area contributed by atoms with E-state index in [0.717, 1.165) is 42.5 Å². The minimum Gasteiger partial charge on any atom is -0.481 e. The molecule has 0 radical (unpaired) electrons. The Balaban J connectivity index is 1.30. The highest BCUT2D eigenvalue weighted by atomic mass is 16.5. The zero-order valence-electron chi connectivity index (χ0n) is 17.5. The maximum absolute atomic E-state index is 5.30. The number of aromatic nitrogens is 4. The van der Waals surface area contributed by atoms with Gasteiger partial charge in [-0.2, -0.15) is 5.10 Å². The maximum atomic E-state index is 5.30. The molecule has 3 heterocycles. The van der Waals surface area contributed by atoms with Gasteiger partial charge in [-0.1, -0.05) is 42.5 Å². The number of ether oxygens (including phenoxy) is 1. The lowest BCUT2D eigenvalue weighted by Gasteiger charge is -2.21. The second-order valence-electron chi connectivity index (χ2n) is 7.76. The van der Waals surface area contributed by atoms with Crippen LogP contribution >= 0.6 is 0 Å². The molecule has 1 N–H and O–H groups in total. The summed E-state index contributed by atoms with van der Waals surface area (Å²) in [7, 11) is 1.62. The number of rotatable bonds is 6. The quantitative estimate of drug-likeness (QED) is 0.520. The molecule has 0 saturated heterocycles. The highest BCUT2D eigenvalue weighted by molar-refractivity contribution is 5.83. The van der Waals surface area contributed by atoms with Crippen molar-refractivity contribution in [2.75, 3.05) is 13.7 Å². The molecule has 6 nitrogen and oxygen atoms in total. The van der Waals surface area contributed by atoms with E-state index in [2.05, 4.69) is 57.9 Å². The number of fused-ring (bicyclic) bond motifs is 2. The van der Waals surface area contributed by atoms with Gasteiger partial charge in [0.1, 0.15) is 5.52 Å². The van der Waals surface area contributed by atoms with Gasteiger partial charge in [0.15, 0.2) is 0 Å². The van der Waals surface area contributed by atoms with Gasteiger partial charge >= 0.3 is 0 Å². The number of hydrogen-bond acceptors (Lipinski definition) is 5. The minimum atomic E-state index is 0.456. The van der Waals surface area contributed by atoms with Gasteiger partial charge in [-0.25, -0.2) is 9.67 Å². The third-order valence-corrected chi connectivity index (χ3v) is 5.70. The van der Waals surface area contributed by atoms with Gasteiger partial charge < -0.3 is 10.1 Å². The highest BCUT2D eigenvalue weighted by Gasteiger charge is 2.22. The molecule has 0 saturated carbocycles. The van der Waals surface area contributed by atoms with Crippen LogP contribution in [-0.2, 0) is 12.8 Å². The Kier molecular flexibility index (Phi) is 5.46. The Hall–Kier alpha value is -3.51. The van der Waals surface area contributed by atoms with E-state index in [0.29, 0.717) is 11.9 Å². The third-order valence-electron chi connectivity index (χ3n) is 5.70. The van der Waals surface area contributed by atoms with Crippen molar-refractivity contribution in [1.82, 2.24) is 25.1 Å². The lowest BCUT2D eigenvalue weighted by molar-refractivity contribution is 0.399. The van der Waals surface area contributed by atoms with Crippen LogP contribution in [0.15, 0.2) is 67.0 Å². The molecule has 0 fully saturated rings. The zero-order chi connectivity index (χ0) is 21.0. The first kappa shape index (κ1) is 19.5. The van der Waals surface area contributed by atoms with Crippen LogP contribution in [-0.4, -0.2) is 39.4 Å². The van der Waals surface area contributed by atoms with E-state index in [1.807, 2.05) is 28.9 Å². The van der Waals surface area contributed by atoms with E-state index in [4.69, 9.17) is 9.84 Å². The van der Waals surface area contributed by atoms with E-state index in [1.54, 1.807) is 13.3 Å². The Morgan fingerprint density at radius 2 is 2.06 bits per heavy atom. The minimum absolute atomic E-state index is 0.456. The normalized spacial score (nSPS) is 16.0. The molecule has 1 atom stereocenters. The van der Waals surface area contributed by atoms with Crippen molar-refractivity contribution in [3.05, 3.63) is 83.8 Å². The van der Waals surface area contributed by atoms with Crippen molar-refractivity contribution in [1.29, 1.82) is 0 Å². The molecule has 0 aliphatic heterocycles. The summed E-state index contributed by atoms with van der Waals surface area (Å²) in [5, 5.41) is 8.53. The summed E-state index contributed by atoms with van der Waals surface area (Å²) in [4.78, 5) is 9.03. The van der Waals surface area contributed by atoms with E-state index >= 15 is 0 Å². The van der Waals surface area contributed by atoms with Crippen molar-refractivity contribution in [3.63, 3.8) is 0 Å². The molecule has 31 heavy (non-hydrogen) atoms. The largest absolute Gasteiger partial charge is 0.481 e. The summed E-state index contributed by atoms with van der Waals surface area (Å²) in [6.45, 7) is 0.863. The number of nitrogens with zero attached hydrogens (tertiary/aromatic N) is 4. The molecule has 1 unspecified atom stereocenters. The number of methoxy groups -OCH3 is 1. The molecule has 5 rings (SSSR count). The zero-order valence-corrected chi connectivity index (χ0v) is 17.5. The molecule has 0 amide bonds. The molecule has 6 heteroatoms. The van der Waals surface area contributed by atoms with Crippen LogP contribution in [0.25, 0.3) is 22.8 Å². The Labute approximate surface area is 181 Å². The van der Waals surface area contributed by atoms with E-state index in [-0.39, 0.29) is 0 Å². The van der Waals surface area contributed by atoms with Crippen LogP contribution in [0.4, 0.5) is 0 Å². The standard InChI is InChI=1S/C25H25N5O/c1-31-24-12-11-22-25(28-24)23(13-15-27-22)30-17-19-16-20(9-10-21(19)29-30)26-14-5-8-18-6-3-2-4-7-18/h2-8,11-13,15,17,20,26H,9-10,14,16H2,1H3. The number of pyridine rings is 2. The molecular weight excluding hydrogens is 386 g/mol. The molecule has 0 bridgehead atoms. The van der Waals surface area contributed by atoms with Crippen molar-refractivity contribution in [2.45, 2.75) is 25.3 Å². The number of nitrogens with one attached hydrogen (secondary N) is 1. The van der Waals surface area contributed by atoms with Crippen LogP contribution in [0, 0.1) is 0 Å². The van der Waals surface area contributed by atoms with Gasteiger partial charge in [0.2, 0.25) is 5.88 Å². The van der Waals surface area contributed by atoms with Gasteiger partial charge in [-0.3, -0.25) is 4.98 Å². The molecule has 1 aliphatic rings. The van der Waals surface area contributed by atoms with Crippen LogP contribution in [0.5, 0.6) is 5.88 Å². The average molecular weight is 412 g/mol. The number of hydrogen-bond donors (Lipinski definition) is 1. The molecule has 1 aromatic carbocycles. The van der Waals surface area contributed by atoms with Crippen molar-refractivity contribution < 1.29 is 4.74 Å². The van der Waals surface area contributed by atoms with Crippen molar-refractivity contribution in [3.8, 4) is 11.6 Å². The van der Waals surface area contributed by atoms with Crippen LogP contribution in [0.2, 0.25) is 0 Å². The van der Waals surface area contributed by atoms with Gasteiger partial charge in [0.25, 0.3) is 0 Å². The molecule has 4 aromatic rings. The predicted molar refractivity (Wildman–Crippen MR) is 123 cm³/mol. The van der Waals surface area contributed by atoms with Crippen LogP contribution in [0.1, 0.15) is 23.2 Å². The second-order valence-corrected chi connectivity index (χ2v) is 7.76. The average Bonchev–Trinajstić information content (AvgIpc) is 3.25. The summed E-state index contributed by atoms with van der Waals surface area (Å²) < 4.78 is 7.24. The summed E-state index contributed by atoms with van der Waals surface area (Å²) in [6, 6.07) is 16.6. The summed E-state index contributed by atoms with van der Waals surface area (Å²) in [6.07, 6.45) is 11.3. The smallest absolute Gasteiger partial charge is 0.213 e. The maximum Gasteiger partial charge on any atom is 0.213 e. The fraction of sp³-hybridized carbons (Fsp3) is 0.240. The molecular formula is C25H25N5O. The molecule has 3 aromatic heterocycles. The van der Waals surface area contributed by atoms with E-state index in [9.17, 15) is 0 Å². The summed E-state index contributed by atoms with van der Waals surface area (Å²) in [5.41, 5.74) is 6.24. The molecule has 1 aliphatic carbocycles. The Morgan fingerprint density at radius 1 is 1.16 bits per heavy atom. The summed E-state index contributed by atoms with van der Waals surface area (Å²) >= 11 is 0. The number of aryl methyl sites for hydroxylation is 1. The molecule has 0 spiro atoms. The molecule has 156 valence electrons. The van der Waals surface area contributed by atoms with E-state index < -0.39 is 0 Å². The predicted octanol–water partition coefficient (Wildman–Crippen LogP) is 3.98. The monoisotopic (exact) mass is 411 g/mol. The van der Waals surface area contributed by atoms with Crippen LogP contribution < -0.4 is 10.1 Å². The highest BCUT2D eigenvalue weighted by Crippen LogP contribution is 2.25. The first-order chi connectivity index (χ1) is 15.3.